The molecule has 1 unspecified atom stereocenters. The van der Waals surface area contributed by atoms with Crippen molar-refractivity contribution in [2.45, 2.75) is 95.5 Å². The molecule has 10 atom stereocenters. The average Bonchev–Trinajstić information content (AvgIpc) is 3.08. The highest BCUT2D eigenvalue weighted by molar-refractivity contribution is 5.91. The van der Waals surface area contributed by atoms with Gasteiger partial charge in [0.1, 0.15) is 58.7 Å². The van der Waals surface area contributed by atoms with E-state index >= 15 is 0 Å². The molecule has 2 aliphatic heterocycles. The average molecular weight is 719 g/mol. The highest BCUT2D eigenvalue weighted by atomic mass is 16.8. The number of methoxy groups -OCH3 is 1. The monoisotopic (exact) mass is 718 g/mol. The third-order valence-electron chi connectivity index (χ3n) is 8.68. The predicted octanol–water partition coefficient (Wildman–Crippen LogP) is 0.990. The van der Waals surface area contributed by atoms with E-state index in [9.17, 15) is 45.3 Å². The summed E-state index contributed by atoms with van der Waals surface area (Å²) in [6.45, 7) is 5.41. The van der Waals surface area contributed by atoms with E-state index in [1.807, 2.05) is 13.8 Å². The van der Waals surface area contributed by atoms with E-state index in [2.05, 4.69) is 0 Å². The molecule has 278 valence electrons. The fourth-order valence-corrected chi connectivity index (χ4v) is 5.91. The van der Waals surface area contributed by atoms with Gasteiger partial charge < -0.3 is 68.6 Å². The van der Waals surface area contributed by atoms with Crippen LogP contribution in [0.1, 0.15) is 33.3 Å². The highest BCUT2D eigenvalue weighted by Gasteiger charge is 2.52. The molecule has 0 amide bonds. The van der Waals surface area contributed by atoms with E-state index in [0.717, 1.165) is 18.6 Å². The maximum atomic E-state index is 14.4. The molecule has 16 nitrogen and oxygen atoms in total. The second-order valence-electron chi connectivity index (χ2n) is 12.6. The number of carbonyl (C=O) groups excluding carboxylic acids is 1. The Hall–Kier alpha value is -4.26. The van der Waals surface area contributed by atoms with Crippen molar-refractivity contribution in [2.24, 2.45) is 0 Å². The number of phenols is 2. The Morgan fingerprint density at radius 2 is 1.59 bits per heavy atom. The fraction of sp³-hybridized carbons (Fsp3) is 0.486. The Labute approximate surface area is 291 Å². The van der Waals surface area contributed by atoms with Crippen molar-refractivity contribution in [3.8, 4) is 34.3 Å². The summed E-state index contributed by atoms with van der Waals surface area (Å²) in [5, 5.41) is 73.6. The van der Waals surface area contributed by atoms with E-state index < -0.39 is 90.9 Å². The van der Waals surface area contributed by atoms with Crippen LogP contribution in [0.15, 0.2) is 51.2 Å². The molecule has 7 N–H and O–H groups in total. The molecule has 2 saturated heterocycles. The van der Waals surface area contributed by atoms with Crippen molar-refractivity contribution < 1.29 is 73.4 Å². The minimum Gasteiger partial charge on any atom is -0.507 e. The van der Waals surface area contributed by atoms with Crippen LogP contribution in [0.25, 0.3) is 22.3 Å². The Balaban J connectivity index is 1.69. The van der Waals surface area contributed by atoms with Crippen LogP contribution in [0.5, 0.6) is 23.0 Å². The Morgan fingerprint density at radius 3 is 2.20 bits per heavy atom. The van der Waals surface area contributed by atoms with Gasteiger partial charge in [0, 0.05) is 24.1 Å². The second-order valence-corrected chi connectivity index (χ2v) is 12.6. The number of benzene rings is 2. The number of ether oxygens (including phenoxy) is 6. The number of aliphatic hydroxyl groups is 5. The van der Waals surface area contributed by atoms with E-state index in [1.54, 1.807) is 30.3 Å². The Morgan fingerprint density at radius 1 is 0.902 bits per heavy atom. The first-order valence-electron chi connectivity index (χ1n) is 16.1. The smallest absolute Gasteiger partial charge is 0.303 e. The zero-order valence-electron chi connectivity index (χ0n) is 28.5. The maximum Gasteiger partial charge on any atom is 0.303 e. The Bertz CT molecular complexity index is 1800. The summed E-state index contributed by atoms with van der Waals surface area (Å²) in [6, 6.07) is 7.30. The van der Waals surface area contributed by atoms with Crippen molar-refractivity contribution in [2.75, 3.05) is 13.7 Å². The van der Waals surface area contributed by atoms with Gasteiger partial charge in [-0.1, -0.05) is 11.6 Å². The molecule has 0 saturated carbocycles. The van der Waals surface area contributed by atoms with Gasteiger partial charge in [-0.05, 0) is 51.5 Å². The second kappa shape index (κ2) is 15.5. The topological polar surface area (TPSA) is 244 Å². The van der Waals surface area contributed by atoms with E-state index in [-0.39, 0.29) is 40.0 Å². The van der Waals surface area contributed by atoms with Crippen LogP contribution >= 0.6 is 0 Å². The molecule has 0 spiro atoms. The summed E-state index contributed by atoms with van der Waals surface area (Å²) in [4.78, 5) is 26.6. The number of aliphatic hydroxyl groups excluding tert-OH is 5. The van der Waals surface area contributed by atoms with Gasteiger partial charge in [0.25, 0.3) is 0 Å². The lowest BCUT2D eigenvalue weighted by Gasteiger charge is -2.46. The van der Waals surface area contributed by atoms with Crippen LogP contribution in [0.4, 0.5) is 0 Å². The number of rotatable bonds is 10. The third-order valence-corrected chi connectivity index (χ3v) is 8.68. The van der Waals surface area contributed by atoms with Crippen LogP contribution in [0.3, 0.4) is 0 Å². The summed E-state index contributed by atoms with van der Waals surface area (Å²) < 4.78 is 40.6. The molecular formula is C35H42O16. The van der Waals surface area contributed by atoms with Crippen LogP contribution < -0.4 is 14.9 Å². The molecule has 1 aromatic heterocycles. The lowest BCUT2D eigenvalue weighted by atomic mass is 9.97. The van der Waals surface area contributed by atoms with Gasteiger partial charge in [0.2, 0.25) is 17.5 Å². The Kier molecular flexibility index (Phi) is 11.6. The van der Waals surface area contributed by atoms with Gasteiger partial charge in [-0.15, -0.1) is 0 Å². The number of allylic oxidation sites excluding steroid dienone is 2. The molecule has 2 aliphatic rings. The number of fused-ring (bicyclic) bond motifs is 1. The van der Waals surface area contributed by atoms with Crippen molar-refractivity contribution in [3.63, 3.8) is 0 Å². The molecule has 0 aliphatic carbocycles. The van der Waals surface area contributed by atoms with Crippen LogP contribution in [0, 0.1) is 0 Å². The molecule has 2 fully saturated rings. The molecule has 3 heterocycles. The van der Waals surface area contributed by atoms with Crippen molar-refractivity contribution in [1.82, 2.24) is 0 Å². The molecule has 2 aromatic carbocycles. The highest BCUT2D eigenvalue weighted by Crippen LogP contribution is 2.41. The van der Waals surface area contributed by atoms with Gasteiger partial charge in [0.05, 0.1) is 19.8 Å². The number of hydrogen-bond donors (Lipinski definition) is 7. The van der Waals surface area contributed by atoms with Gasteiger partial charge >= 0.3 is 5.97 Å². The van der Waals surface area contributed by atoms with E-state index in [4.69, 9.17) is 32.8 Å². The molecule has 16 heteroatoms. The van der Waals surface area contributed by atoms with Crippen molar-refractivity contribution in [3.05, 3.63) is 57.8 Å². The minimum absolute atomic E-state index is 0.131. The van der Waals surface area contributed by atoms with Crippen molar-refractivity contribution in [1.29, 1.82) is 0 Å². The molecule has 5 rings (SSSR count). The maximum absolute atomic E-state index is 14.4. The zero-order chi connectivity index (χ0) is 37.3. The zero-order valence-corrected chi connectivity index (χ0v) is 28.5. The SMILES string of the molecule is COc1ccc(-c2oc3c(CC=C(C)C)c(O)cc(O)c3c(=O)c2O[C@@H]2O[C@@H](C)[C@H](O)[C@@H](OC(C)=O)[C@H]2OC2O[C@H](CO)[C@@H](O)[C@H](O)[C@H]2O)cc1. The van der Waals surface area contributed by atoms with E-state index in [0.29, 0.717) is 5.75 Å². The summed E-state index contributed by atoms with van der Waals surface area (Å²) in [5.41, 5.74) is 0.357. The normalized spacial score (nSPS) is 29.4. The molecule has 51 heavy (non-hydrogen) atoms. The van der Waals surface area contributed by atoms with Gasteiger partial charge in [-0.25, -0.2) is 0 Å². The third kappa shape index (κ3) is 7.68. The number of aromatic hydroxyl groups is 2. The molecule has 0 bridgehead atoms. The summed E-state index contributed by atoms with van der Waals surface area (Å²) >= 11 is 0. The first-order chi connectivity index (χ1) is 24.2. The number of phenolic OH excluding ortho intramolecular Hbond substituents is 2. The minimum atomic E-state index is -1.91. The number of carbonyl (C=O) groups is 1. The van der Waals surface area contributed by atoms with Crippen LogP contribution in [-0.4, -0.2) is 117 Å². The molecule has 0 radical (unpaired) electrons. The van der Waals surface area contributed by atoms with Gasteiger partial charge in [0.15, 0.2) is 24.3 Å². The van der Waals surface area contributed by atoms with Gasteiger partial charge in [-0.2, -0.15) is 0 Å². The summed E-state index contributed by atoms with van der Waals surface area (Å²) in [5.74, 6) is -2.04. The quantitative estimate of drug-likeness (QED) is 0.114. The van der Waals surface area contributed by atoms with Gasteiger partial charge in [-0.3, -0.25) is 9.59 Å². The number of hydrogen-bond acceptors (Lipinski definition) is 16. The molecular weight excluding hydrogens is 676 g/mol. The largest absolute Gasteiger partial charge is 0.507 e. The number of esters is 1. The summed E-state index contributed by atoms with van der Waals surface area (Å²) in [7, 11) is 1.46. The van der Waals surface area contributed by atoms with E-state index in [1.165, 1.54) is 14.0 Å². The summed E-state index contributed by atoms with van der Waals surface area (Å²) in [6.07, 6.45) is -14.5. The lowest BCUT2D eigenvalue weighted by Crippen LogP contribution is -2.65. The molecule has 3 aromatic rings. The van der Waals surface area contributed by atoms with Crippen LogP contribution in [-0.2, 0) is 30.2 Å². The predicted molar refractivity (Wildman–Crippen MR) is 176 cm³/mol. The fourth-order valence-electron chi connectivity index (χ4n) is 5.91. The first-order valence-corrected chi connectivity index (χ1v) is 16.1. The standard InChI is InChI=1S/C35H42O16/c1-14(2)6-11-19-20(38)12-21(39)23-26(42)32(29(49-30(19)23)17-7-9-18(45-5)10-8-17)50-35-33(31(47-16(4)37)24(40)15(3)46-35)51-34-28(44)27(43)25(41)22(13-36)48-34/h6-10,12,15,22,24-25,27-28,31,33-36,38-41,43-44H,11,13H2,1-5H3/t15-,22+,24-,25+,27-,28+,31+,33+,34?,35-/m0/s1. The van der Waals surface area contributed by atoms with Crippen LogP contribution in [0.2, 0.25) is 0 Å². The lowest BCUT2D eigenvalue weighted by molar-refractivity contribution is -0.356. The first kappa shape index (κ1) is 38.0. The van der Waals surface area contributed by atoms with Crippen molar-refractivity contribution >= 4 is 16.9 Å².